The summed E-state index contributed by atoms with van der Waals surface area (Å²) in [6.07, 6.45) is -2.83. The number of hydrogen-bond acceptors (Lipinski definition) is 9. The fourth-order valence-electron chi connectivity index (χ4n) is 2.15. The van der Waals surface area contributed by atoms with Crippen LogP contribution in [0.4, 0.5) is 0 Å². The van der Waals surface area contributed by atoms with E-state index in [9.17, 15) is 33.9 Å². The van der Waals surface area contributed by atoms with E-state index in [1.165, 1.54) is 6.92 Å². The zero-order valence-corrected chi connectivity index (χ0v) is 17.5. The number of nitrogens with one attached hydrogen (secondary N) is 3. The average Bonchev–Trinajstić information content (AvgIpc) is 2.66. The van der Waals surface area contributed by atoms with E-state index in [2.05, 4.69) is 23.3 Å². The normalized spacial score (nSPS) is 15.5. The van der Waals surface area contributed by atoms with Crippen molar-refractivity contribution in [2.24, 2.45) is 11.5 Å². The van der Waals surface area contributed by atoms with Gasteiger partial charge in [-0.1, -0.05) is 0 Å². The maximum absolute atomic E-state index is 12.4. The molecule has 0 aromatic heterocycles. The van der Waals surface area contributed by atoms with Gasteiger partial charge in [-0.25, -0.2) is 4.79 Å². The lowest BCUT2D eigenvalue weighted by molar-refractivity contribution is -0.143. The van der Waals surface area contributed by atoms with E-state index >= 15 is 0 Å². The Labute approximate surface area is 182 Å². The third kappa shape index (κ3) is 10.6. The van der Waals surface area contributed by atoms with Gasteiger partial charge in [-0.2, -0.15) is 12.6 Å². The number of hydrogen-bond donors (Lipinski definition) is 9. The molecule has 15 heteroatoms. The standard InChI is InChI=1S/C16H27N5O9S/c1-6(22)12(18)15(28)21-9(5-31)14(27)20-8(4-11(24)25)13(26)19-7(16(29)30)2-3-10(17)23/h6-9,12,22,31H,2-5,18H2,1H3,(H2,17,23)(H,19,26)(H,20,27)(H,21,28)(H,24,25)(H,29,30). The van der Waals surface area contributed by atoms with Crippen molar-refractivity contribution in [1.82, 2.24) is 16.0 Å². The number of primary amides is 1. The Morgan fingerprint density at radius 3 is 1.81 bits per heavy atom. The zero-order valence-electron chi connectivity index (χ0n) is 16.6. The second-order valence-electron chi connectivity index (χ2n) is 6.57. The highest BCUT2D eigenvalue weighted by Crippen LogP contribution is 2.02. The summed E-state index contributed by atoms with van der Waals surface area (Å²) in [4.78, 5) is 69.9. The maximum atomic E-state index is 12.4. The third-order valence-corrected chi connectivity index (χ3v) is 4.31. The first-order valence-electron chi connectivity index (χ1n) is 8.98. The molecule has 0 aliphatic heterocycles. The fraction of sp³-hybridized carbons (Fsp3) is 0.625. The van der Waals surface area contributed by atoms with Crippen molar-refractivity contribution in [3.05, 3.63) is 0 Å². The van der Waals surface area contributed by atoms with Gasteiger partial charge in [0.1, 0.15) is 24.2 Å². The van der Waals surface area contributed by atoms with Crippen LogP contribution in [-0.2, 0) is 28.8 Å². The molecule has 4 amide bonds. The van der Waals surface area contributed by atoms with E-state index in [4.69, 9.17) is 21.7 Å². The molecule has 0 fully saturated rings. The van der Waals surface area contributed by atoms with Crippen LogP contribution >= 0.6 is 12.6 Å². The summed E-state index contributed by atoms with van der Waals surface area (Å²) in [7, 11) is 0. The molecule has 31 heavy (non-hydrogen) atoms. The molecule has 0 bridgehead atoms. The first-order chi connectivity index (χ1) is 14.3. The smallest absolute Gasteiger partial charge is 0.326 e. The molecule has 0 heterocycles. The van der Waals surface area contributed by atoms with E-state index in [1.54, 1.807) is 0 Å². The molecule has 5 atom stereocenters. The van der Waals surface area contributed by atoms with Gasteiger partial charge in [0.05, 0.1) is 12.5 Å². The fourth-order valence-corrected chi connectivity index (χ4v) is 2.41. The molecular weight excluding hydrogens is 438 g/mol. The van der Waals surface area contributed by atoms with Crippen LogP contribution in [0.15, 0.2) is 0 Å². The van der Waals surface area contributed by atoms with Crippen molar-refractivity contribution in [2.45, 2.75) is 56.5 Å². The second-order valence-corrected chi connectivity index (χ2v) is 6.94. The summed E-state index contributed by atoms with van der Waals surface area (Å²) >= 11 is 3.91. The van der Waals surface area contributed by atoms with Crippen molar-refractivity contribution in [2.75, 3.05) is 5.75 Å². The Kier molecular flexibility index (Phi) is 12.1. The summed E-state index contributed by atoms with van der Waals surface area (Å²) in [6.45, 7) is 1.25. The molecule has 0 spiro atoms. The first kappa shape index (κ1) is 28.1. The van der Waals surface area contributed by atoms with Crippen LogP contribution in [0.2, 0.25) is 0 Å². The zero-order chi connectivity index (χ0) is 24.3. The minimum Gasteiger partial charge on any atom is -0.481 e. The summed E-state index contributed by atoms with van der Waals surface area (Å²) in [5, 5.41) is 33.8. The Morgan fingerprint density at radius 2 is 1.39 bits per heavy atom. The summed E-state index contributed by atoms with van der Waals surface area (Å²) in [5.41, 5.74) is 10.4. The third-order valence-electron chi connectivity index (χ3n) is 3.94. The monoisotopic (exact) mass is 465 g/mol. The first-order valence-corrected chi connectivity index (χ1v) is 9.61. The average molecular weight is 465 g/mol. The second kappa shape index (κ2) is 13.4. The maximum Gasteiger partial charge on any atom is 0.326 e. The highest BCUT2D eigenvalue weighted by Gasteiger charge is 2.31. The Hall–Kier alpha value is -2.91. The molecule has 0 aromatic rings. The number of aliphatic hydroxyl groups excluding tert-OH is 1. The number of carbonyl (C=O) groups is 6. The Morgan fingerprint density at radius 1 is 0.903 bits per heavy atom. The van der Waals surface area contributed by atoms with E-state index < -0.39 is 72.3 Å². The molecule has 10 N–H and O–H groups in total. The Bertz CT molecular complexity index is 703. The topological polar surface area (TPSA) is 251 Å². The SMILES string of the molecule is CC(O)C(N)C(=O)NC(CS)C(=O)NC(CC(=O)O)C(=O)NC(CCC(N)=O)C(=O)O. The van der Waals surface area contributed by atoms with Gasteiger partial charge in [-0.3, -0.25) is 24.0 Å². The van der Waals surface area contributed by atoms with E-state index in [0.29, 0.717) is 0 Å². The van der Waals surface area contributed by atoms with E-state index in [0.717, 1.165) is 0 Å². The van der Waals surface area contributed by atoms with Gasteiger partial charge in [0.2, 0.25) is 23.6 Å². The van der Waals surface area contributed by atoms with Crippen LogP contribution in [0.1, 0.15) is 26.2 Å². The lowest BCUT2D eigenvalue weighted by Crippen LogP contribution is -2.59. The molecule has 0 saturated carbocycles. The Balaban J connectivity index is 5.31. The summed E-state index contributed by atoms with van der Waals surface area (Å²) < 4.78 is 0. The van der Waals surface area contributed by atoms with E-state index in [1.807, 2.05) is 5.32 Å². The van der Waals surface area contributed by atoms with Crippen molar-refractivity contribution in [3.63, 3.8) is 0 Å². The number of aliphatic hydroxyl groups is 1. The number of nitrogens with two attached hydrogens (primary N) is 2. The van der Waals surface area contributed by atoms with E-state index in [-0.39, 0.29) is 18.6 Å². The number of amides is 4. The van der Waals surface area contributed by atoms with Gasteiger partial charge in [0, 0.05) is 12.2 Å². The quantitative estimate of drug-likeness (QED) is 0.112. The van der Waals surface area contributed by atoms with Crippen LogP contribution in [0.3, 0.4) is 0 Å². The molecule has 14 nitrogen and oxygen atoms in total. The lowest BCUT2D eigenvalue weighted by atomic mass is 10.1. The van der Waals surface area contributed by atoms with Crippen LogP contribution < -0.4 is 27.4 Å². The highest BCUT2D eigenvalue weighted by molar-refractivity contribution is 7.80. The van der Waals surface area contributed by atoms with Gasteiger partial charge in [-0.15, -0.1) is 0 Å². The predicted octanol–water partition coefficient (Wildman–Crippen LogP) is -4.10. The van der Waals surface area contributed by atoms with Crippen LogP contribution in [0.5, 0.6) is 0 Å². The molecule has 5 unspecified atom stereocenters. The largest absolute Gasteiger partial charge is 0.481 e. The summed E-state index contributed by atoms with van der Waals surface area (Å²) in [5.74, 6) is -7.07. The van der Waals surface area contributed by atoms with Crippen molar-refractivity contribution in [1.29, 1.82) is 0 Å². The number of thiol groups is 1. The van der Waals surface area contributed by atoms with Crippen molar-refractivity contribution in [3.8, 4) is 0 Å². The summed E-state index contributed by atoms with van der Waals surface area (Å²) in [6, 6.07) is -5.95. The molecule has 0 aliphatic rings. The number of rotatable bonds is 14. The van der Waals surface area contributed by atoms with Crippen LogP contribution in [0.25, 0.3) is 0 Å². The number of carboxylic acids is 2. The van der Waals surface area contributed by atoms with Gasteiger partial charge in [-0.05, 0) is 13.3 Å². The van der Waals surface area contributed by atoms with Crippen molar-refractivity contribution >= 4 is 48.2 Å². The predicted molar refractivity (Wildman–Crippen MR) is 108 cm³/mol. The molecular formula is C16H27N5O9S. The van der Waals surface area contributed by atoms with Gasteiger partial charge >= 0.3 is 11.9 Å². The van der Waals surface area contributed by atoms with Gasteiger partial charge < -0.3 is 42.7 Å². The van der Waals surface area contributed by atoms with Crippen LogP contribution in [0, 0.1) is 0 Å². The van der Waals surface area contributed by atoms with Crippen molar-refractivity contribution < 1.29 is 44.1 Å². The molecule has 0 radical (unpaired) electrons. The number of aliphatic carboxylic acids is 2. The molecule has 176 valence electrons. The van der Waals surface area contributed by atoms with Crippen LogP contribution in [-0.4, -0.2) is 86.9 Å². The minimum absolute atomic E-state index is 0.262. The van der Waals surface area contributed by atoms with Gasteiger partial charge in [0.15, 0.2) is 0 Å². The number of carbonyl (C=O) groups excluding carboxylic acids is 4. The lowest BCUT2D eigenvalue weighted by Gasteiger charge is -2.24. The number of carboxylic acid groups (broad SMARTS) is 2. The molecule has 0 aliphatic carbocycles. The minimum atomic E-state index is -1.70. The van der Waals surface area contributed by atoms with Gasteiger partial charge in [0.25, 0.3) is 0 Å². The molecule has 0 aromatic carbocycles. The molecule has 0 rings (SSSR count). The molecule has 0 saturated heterocycles. The highest BCUT2D eigenvalue weighted by atomic mass is 32.1.